The summed E-state index contributed by atoms with van der Waals surface area (Å²) in [6, 6.07) is 17.7. The molecule has 0 N–H and O–H groups in total. The first-order chi connectivity index (χ1) is 13.0. The van der Waals surface area contributed by atoms with E-state index in [0.717, 1.165) is 29.9 Å². The van der Waals surface area contributed by atoms with Gasteiger partial charge >= 0.3 is 0 Å². The molecule has 0 saturated heterocycles. The lowest BCUT2D eigenvalue weighted by Crippen LogP contribution is -2.28. The molecule has 0 fully saturated rings. The van der Waals surface area contributed by atoms with Crippen LogP contribution < -0.4 is 0 Å². The maximum atomic E-state index is 14.1. The first-order valence-corrected chi connectivity index (χ1v) is 9.35. The highest BCUT2D eigenvalue weighted by molar-refractivity contribution is 5.20. The summed E-state index contributed by atoms with van der Waals surface area (Å²) >= 11 is 0. The van der Waals surface area contributed by atoms with Gasteiger partial charge in [-0.1, -0.05) is 44.2 Å². The Morgan fingerprint density at radius 3 is 2.33 bits per heavy atom. The molecule has 3 rings (SSSR count). The van der Waals surface area contributed by atoms with Gasteiger partial charge in [-0.15, -0.1) is 0 Å². The van der Waals surface area contributed by atoms with Gasteiger partial charge in [-0.2, -0.15) is 0 Å². The second kappa shape index (κ2) is 8.96. The minimum absolute atomic E-state index is 0.159. The molecule has 27 heavy (non-hydrogen) atoms. The lowest BCUT2D eigenvalue weighted by atomic mass is 10.1. The van der Waals surface area contributed by atoms with Crippen LogP contribution in [0, 0.1) is 17.6 Å². The molecule has 0 bridgehead atoms. The van der Waals surface area contributed by atoms with Gasteiger partial charge in [0, 0.05) is 43.6 Å². The Balaban J connectivity index is 1.75. The second-order valence-electron chi connectivity index (χ2n) is 7.41. The van der Waals surface area contributed by atoms with E-state index in [9.17, 15) is 8.78 Å². The number of halogens is 2. The van der Waals surface area contributed by atoms with Crippen LogP contribution >= 0.6 is 0 Å². The summed E-state index contributed by atoms with van der Waals surface area (Å²) in [6.07, 6.45) is 2.04. The van der Waals surface area contributed by atoms with Gasteiger partial charge < -0.3 is 4.57 Å². The molecule has 0 aliphatic heterocycles. The van der Waals surface area contributed by atoms with Crippen LogP contribution in [0.2, 0.25) is 0 Å². The first-order valence-electron chi connectivity index (χ1n) is 9.35. The number of rotatable bonds is 8. The summed E-state index contributed by atoms with van der Waals surface area (Å²) in [6.45, 7) is 7.24. The van der Waals surface area contributed by atoms with Gasteiger partial charge in [0.05, 0.1) is 0 Å². The summed E-state index contributed by atoms with van der Waals surface area (Å²) in [4.78, 5) is 2.28. The monoisotopic (exact) mass is 368 g/mol. The molecule has 4 heteroatoms. The van der Waals surface area contributed by atoms with Crippen LogP contribution in [0.1, 0.15) is 30.7 Å². The van der Waals surface area contributed by atoms with Crippen molar-refractivity contribution in [1.82, 2.24) is 9.47 Å². The van der Waals surface area contributed by atoms with Crippen molar-refractivity contribution in [2.75, 3.05) is 6.54 Å². The van der Waals surface area contributed by atoms with Crippen LogP contribution in [-0.2, 0) is 19.6 Å². The van der Waals surface area contributed by atoms with Gasteiger partial charge in [0.15, 0.2) is 0 Å². The molecule has 2 aromatic carbocycles. The Labute approximate surface area is 160 Å². The van der Waals surface area contributed by atoms with E-state index in [4.69, 9.17) is 0 Å². The number of hydrogen-bond donors (Lipinski definition) is 0. The smallest absolute Gasteiger partial charge is 0.127 e. The highest BCUT2D eigenvalue weighted by Crippen LogP contribution is 2.16. The molecule has 0 spiro atoms. The zero-order valence-electron chi connectivity index (χ0n) is 15.9. The van der Waals surface area contributed by atoms with Crippen molar-refractivity contribution in [3.05, 3.63) is 95.3 Å². The number of benzene rings is 2. The zero-order valence-corrected chi connectivity index (χ0v) is 15.9. The third-order valence-electron chi connectivity index (χ3n) is 4.55. The summed E-state index contributed by atoms with van der Waals surface area (Å²) in [5.41, 5.74) is 2.93. The van der Waals surface area contributed by atoms with Gasteiger partial charge in [0.25, 0.3) is 0 Å². The predicted octanol–water partition coefficient (Wildman–Crippen LogP) is 5.47. The zero-order chi connectivity index (χ0) is 19.2. The molecule has 0 saturated carbocycles. The molecule has 3 aromatic rings. The minimum Gasteiger partial charge on any atom is -0.346 e. The number of nitrogens with zero attached hydrogens (tertiary/aromatic N) is 2. The third-order valence-corrected chi connectivity index (χ3v) is 4.55. The van der Waals surface area contributed by atoms with Gasteiger partial charge in [0.1, 0.15) is 11.6 Å². The average Bonchev–Trinajstić information content (AvgIpc) is 3.05. The fourth-order valence-electron chi connectivity index (χ4n) is 3.33. The third kappa shape index (κ3) is 5.51. The Bertz CT molecular complexity index is 853. The van der Waals surface area contributed by atoms with Crippen molar-refractivity contribution in [2.24, 2.45) is 5.92 Å². The normalized spacial score (nSPS) is 11.5. The minimum atomic E-state index is -0.223. The first kappa shape index (κ1) is 19.3. The van der Waals surface area contributed by atoms with Crippen LogP contribution in [0.15, 0.2) is 66.9 Å². The lowest BCUT2D eigenvalue weighted by molar-refractivity contribution is 0.220. The van der Waals surface area contributed by atoms with E-state index in [-0.39, 0.29) is 11.6 Å². The molecule has 0 atom stereocenters. The quantitative estimate of drug-likeness (QED) is 0.512. The van der Waals surface area contributed by atoms with Crippen LogP contribution in [0.3, 0.4) is 0 Å². The van der Waals surface area contributed by atoms with Crippen LogP contribution in [-0.4, -0.2) is 16.0 Å². The summed E-state index contributed by atoms with van der Waals surface area (Å²) < 4.78 is 29.4. The molecule has 0 aliphatic carbocycles. The highest BCUT2D eigenvalue weighted by atomic mass is 19.1. The average molecular weight is 368 g/mol. The molecule has 2 nitrogen and oxygen atoms in total. The highest BCUT2D eigenvalue weighted by Gasteiger charge is 2.14. The molecule has 0 aliphatic rings. The summed E-state index contributed by atoms with van der Waals surface area (Å²) in [7, 11) is 0. The number of aromatic nitrogens is 1. The maximum Gasteiger partial charge on any atom is 0.127 e. The van der Waals surface area contributed by atoms with Crippen molar-refractivity contribution in [2.45, 2.75) is 33.5 Å². The van der Waals surface area contributed by atoms with E-state index in [1.807, 2.05) is 36.5 Å². The molecular weight excluding hydrogens is 342 g/mol. The Hall–Kier alpha value is -2.46. The van der Waals surface area contributed by atoms with Crippen LogP contribution in [0.4, 0.5) is 8.78 Å². The van der Waals surface area contributed by atoms with Gasteiger partial charge in [0.2, 0.25) is 0 Å². The second-order valence-corrected chi connectivity index (χ2v) is 7.41. The molecule has 1 heterocycles. The topological polar surface area (TPSA) is 8.17 Å². The maximum absolute atomic E-state index is 14.1. The molecule has 142 valence electrons. The lowest BCUT2D eigenvalue weighted by Gasteiger charge is -2.25. The van der Waals surface area contributed by atoms with Crippen LogP contribution in [0.5, 0.6) is 0 Å². The summed E-state index contributed by atoms with van der Waals surface area (Å²) in [5.74, 6) is 0.102. The summed E-state index contributed by atoms with van der Waals surface area (Å²) in [5, 5.41) is 0. The van der Waals surface area contributed by atoms with Crippen molar-refractivity contribution >= 4 is 0 Å². The van der Waals surface area contributed by atoms with Gasteiger partial charge in [-0.3, -0.25) is 4.90 Å². The Morgan fingerprint density at radius 2 is 1.63 bits per heavy atom. The Morgan fingerprint density at radius 1 is 0.889 bits per heavy atom. The fraction of sp³-hybridized carbons (Fsp3) is 0.304. The van der Waals surface area contributed by atoms with Gasteiger partial charge in [-0.25, -0.2) is 8.78 Å². The van der Waals surface area contributed by atoms with E-state index < -0.39 is 0 Å². The largest absolute Gasteiger partial charge is 0.346 e. The van der Waals surface area contributed by atoms with Crippen molar-refractivity contribution in [3.8, 4) is 0 Å². The van der Waals surface area contributed by atoms with Crippen molar-refractivity contribution < 1.29 is 8.78 Å². The van der Waals surface area contributed by atoms with E-state index in [1.165, 1.54) is 18.2 Å². The standard InChI is InChI=1S/C23H26F2N2/c1-18(2)14-26(16-20-6-3-4-8-23(20)25)17-22-7-5-13-27(22)15-19-9-11-21(24)12-10-19/h3-13,18H,14-17H2,1-2H3. The predicted molar refractivity (Wildman–Crippen MR) is 105 cm³/mol. The molecule has 0 unspecified atom stereocenters. The van der Waals surface area contributed by atoms with E-state index in [2.05, 4.69) is 29.4 Å². The van der Waals surface area contributed by atoms with Crippen LogP contribution in [0.25, 0.3) is 0 Å². The SMILES string of the molecule is CC(C)CN(Cc1ccccc1F)Cc1cccn1Cc1ccc(F)cc1. The van der Waals surface area contributed by atoms with Gasteiger partial charge in [-0.05, 0) is 41.8 Å². The fourth-order valence-corrected chi connectivity index (χ4v) is 3.33. The van der Waals surface area contributed by atoms with Crippen molar-refractivity contribution in [1.29, 1.82) is 0 Å². The van der Waals surface area contributed by atoms with E-state index in [0.29, 0.717) is 19.0 Å². The van der Waals surface area contributed by atoms with E-state index >= 15 is 0 Å². The molecule has 1 aromatic heterocycles. The Kier molecular flexibility index (Phi) is 6.40. The molecule has 0 amide bonds. The number of hydrogen-bond acceptors (Lipinski definition) is 1. The molecule has 0 radical (unpaired) electrons. The van der Waals surface area contributed by atoms with E-state index in [1.54, 1.807) is 6.07 Å². The van der Waals surface area contributed by atoms with Crippen molar-refractivity contribution in [3.63, 3.8) is 0 Å². The molecular formula is C23H26F2N2.